The highest BCUT2D eigenvalue weighted by atomic mass is 16.5. The van der Waals surface area contributed by atoms with Gasteiger partial charge in [0.25, 0.3) is 5.91 Å². The first-order chi connectivity index (χ1) is 8.79. The highest BCUT2D eigenvalue weighted by Crippen LogP contribution is 2.24. The van der Waals surface area contributed by atoms with Gasteiger partial charge >= 0.3 is 0 Å². The molecule has 0 saturated heterocycles. The zero-order valence-electron chi connectivity index (χ0n) is 10.5. The van der Waals surface area contributed by atoms with Crippen LogP contribution in [0.15, 0.2) is 24.3 Å². The van der Waals surface area contributed by atoms with Gasteiger partial charge in [-0.3, -0.25) is 4.79 Å². The number of rotatable bonds is 5. The summed E-state index contributed by atoms with van der Waals surface area (Å²) < 4.78 is 5.87. The van der Waals surface area contributed by atoms with Gasteiger partial charge in [-0.05, 0) is 43.9 Å². The molecule has 4 heteroatoms. The molecule has 3 N–H and O–H groups in total. The lowest BCUT2D eigenvalue weighted by atomic mass is 10.2. The maximum absolute atomic E-state index is 11.8. The molecular weight excluding hydrogens is 228 g/mol. The molecule has 0 atom stereocenters. The molecule has 98 valence electrons. The van der Waals surface area contributed by atoms with E-state index in [0.29, 0.717) is 24.8 Å². The van der Waals surface area contributed by atoms with Crippen molar-refractivity contribution in [2.75, 3.05) is 13.1 Å². The Morgan fingerprint density at radius 1 is 1.39 bits per heavy atom. The number of carbonyl (C=O) groups excluding carboxylic acids is 1. The maximum atomic E-state index is 11.8. The Balaban J connectivity index is 1.97. The lowest BCUT2D eigenvalue weighted by molar-refractivity contribution is 0.0954. The quantitative estimate of drug-likeness (QED) is 0.833. The molecule has 0 aliphatic heterocycles. The molecule has 0 aromatic heterocycles. The molecule has 1 saturated carbocycles. The molecule has 2 rings (SSSR count). The number of hydrogen-bond donors (Lipinski definition) is 2. The first-order valence-corrected chi connectivity index (χ1v) is 6.54. The first-order valence-electron chi connectivity index (χ1n) is 6.54. The van der Waals surface area contributed by atoms with E-state index >= 15 is 0 Å². The van der Waals surface area contributed by atoms with Gasteiger partial charge in [-0.1, -0.05) is 6.07 Å². The summed E-state index contributed by atoms with van der Waals surface area (Å²) in [6.45, 7) is 0.941. The summed E-state index contributed by atoms with van der Waals surface area (Å²) in [6.07, 6.45) is 5.02. The molecule has 0 spiro atoms. The summed E-state index contributed by atoms with van der Waals surface area (Å²) in [5.41, 5.74) is 5.98. The monoisotopic (exact) mass is 248 g/mol. The summed E-state index contributed by atoms with van der Waals surface area (Å²) in [4.78, 5) is 11.8. The van der Waals surface area contributed by atoms with E-state index in [9.17, 15) is 4.79 Å². The molecule has 0 unspecified atom stereocenters. The number of nitrogens with two attached hydrogens (primary N) is 1. The fraction of sp³-hybridized carbons (Fsp3) is 0.500. The van der Waals surface area contributed by atoms with Crippen molar-refractivity contribution in [3.8, 4) is 5.75 Å². The molecule has 1 aromatic rings. The first kappa shape index (κ1) is 12.9. The van der Waals surface area contributed by atoms with Gasteiger partial charge in [0.15, 0.2) is 0 Å². The zero-order chi connectivity index (χ0) is 12.8. The van der Waals surface area contributed by atoms with Crippen LogP contribution < -0.4 is 15.8 Å². The Bertz CT molecular complexity index is 401. The Morgan fingerprint density at radius 3 is 2.89 bits per heavy atom. The lowest BCUT2D eigenvalue weighted by Gasteiger charge is -2.13. The van der Waals surface area contributed by atoms with E-state index in [1.807, 2.05) is 12.1 Å². The van der Waals surface area contributed by atoms with Gasteiger partial charge in [-0.15, -0.1) is 0 Å². The van der Waals surface area contributed by atoms with Crippen LogP contribution in [0, 0.1) is 0 Å². The van der Waals surface area contributed by atoms with E-state index in [0.717, 1.165) is 18.6 Å². The second kappa shape index (κ2) is 6.40. The second-order valence-electron chi connectivity index (χ2n) is 4.60. The van der Waals surface area contributed by atoms with E-state index in [-0.39, 0.29) is 5.91 Å². The second-order valence-corrected chi connectivity index (χ2v) is 4.60. The van der Waals surface area contributed by atoms with Gasteiger partial charge in [0.1, 0.15) is 5.75 Å². The number of amides is 1. The van der Waals surface area contributed by atoms with Crippen LogP contribution in [-0.4, -0.2) is 25.1 Å². The summed E-state index contributed by atoms with van der Waals surface area (Å²) in [5.74, 6) is 0.680. The molecular formula is C14H20N2O2. The van der Waals surface area contributed by atoms with Crippen molar-refractivity contribution in [2.24, 2.45) is 5.73 Å². The van der Waals surface area contributed by atoms with Crippen LogP contribution >= 0.6 is 0 Å². The fourth-order valence-electron chi connectivity index (χ4n) is 2.20. The van der Waals surface area contributed by atoms with E-state index in [4.69, 9.17) is 10.5 Å². The largest absolute Gasteiger partial charge is 0.490 e. The lowest BCUT2D eigenvalue weighted by Crippen LogP contribution is -2.29. The third-order valence-electron chi connectivity index (χ3n) is 3.13. The zero-order valence-corrected chi connectivity index (χ0v) is 10.5. The van der Waals surface area contributed by atoms with E-state index in [1.165, 1.54) is 12.8 Å². The predicted molar refractivity (Wildman–Crippen MR) is 70.7 cm³/mol. The molecule has 1 aliphatic rings. The van der Waals surface area contributed by atoms with Gasteiger partial charge < -0.3 is 15.8 Å². The standard InChI is InChI=1S/C14H20N2O2/c15-8-9-16-14(17)11-4-3-7-13(10-11)18-12-5-1-2-6-12/h3-4,7,10,12H,1-2,5-6,8-9,15H2,(H,16,17). The van der Waals surface area contributed by atoms with Crippen molar-refractivity contribution in [3.05, 3.63) is 29.8 Å². The minimum atomic E-state index is -0.0997. The van der Waals surface area contributed by atoms with Gasteiger partial charge in [-0.2, -0.15) is 0 Å². The maximum Gasteiger partial charge on any atom is 0.251 e. The van der Waals surface area contributed by atoms with Crippen LogP contribution in [0.25, 0.3) is 0 Å². The van der Waals surface area contributed by atoms with E-state index in [2.05, 4.69) is 5.32 Å². The van der Waals surface area contributed by atoms with Crippen LogP contribution in [0.2, 0.25) is 0 Å². The van der Waals surface area contributed by atoms with Crippen LogP contribution in [0.5, 0.6) is 5.75 Å². The highest BCUT2D eigenvalue weighted by Gasteiger charge is 2.16. The molecule has 1 amide bonds. The fourth-order valence-corrected chi connectivity index (χ4v) is 2.20. The molecule has 0 heterocycles. The van der Waals surface area contributed by atoms with Crippen LogP contribution in [0.4, 0.5) is 0 Å². The Labute approximate surface area is 108 Å². The van der Waals surface area contributed by atoms with Crippen molar-refractivity contribution in [1.82, 2.24) is 5.32 Å². The van der Waals surface area contributed by atoms with Gasteiger partial charge in [0.2, 0.25) is 0 Å². The van der Waals surface area contributed by atoms with Crippen molar-refractivity contribution < 1.29 is 9.53 Å². The summed E-state index contributed by atoms with van der Waals surface area (Å²) >= 11 is 0. The van der Waals surface area contributed by atoms with Crippen molar-refractivity contribution in [2.45, 2.75) is 31.8 Å². The normalized spacial score (nSPS) is 15.6. The van der Waals surface area contributed by atoms with Crippen molar-refractivity contribution in [3.63, 3.8) is 0 Å². The van der Waals surface area contributed by atoms with Crippen LogP contribution in [-0.2, 0) is 0 Å². The van der Waals surface area contributed by atoms with Gasteiger partial charge in [0.05, 0.1) is 6.10 Å². The van der Waals surface area contributed by atoms with Crippen LogP contribution in [0.1, 0.15) is 36.0 Å². The van der Waals surface area contributed by atoms with Gasteiger partial charge in [0, 0.05) is 18.7 Å². The van der Waals surface area contributed by atoms with Crippen LogP contribution in [0.3, 0.4) is 0 Å². The molecule has 1 aromatic carbocycles. The summed E-state index contributed by atoms with van der Waals surface area (Å²) in [6, 6.07) is 7.33. The average Bonchev–Trinajstić information content (AvgIpc) is 2.89. The molecule has 18 heavy (non-hydrogen) atoms. The highest BCUT2D eigenvalue weighted by molar-refractivity contribution is 5.94. The number of hydrogen-bond acceptors (Lipinski definition) is 3. The number of nitrogens with one attached hydrogen (secondary N) is 1. The molecule has 4 nitrogen and oxygen atoms in total. The summed E-state index contributed by atoms with van der Waals surface area (Å²) in [7, 11) is 0. The predicted octanol–water partition coefficient (Wildman–Crippen LogP) is 1.70. The minimum Gasteiger partial charge on any atom is -0.490 e. The summed E-state index contributed by atoms with van der Waals surface area (Å²) in [5, 5.41) is 2.75. The van der Waals surface area contributed by atoms with Gasteiger partial charge in [-0.25, -0.2) is 0 Å². The average molecular weight is 248 g/mol. The van der Waals surface area contributed by atoms with E-state index < -0.39 is 0 Å². The Morgan fingerprint density at radius 2 is 2.17 bits per heavy atom. The van der Waals surface area contributed by atoms with Crippen molar-refractivity contribution >= 4 is 5.91 Å². The smallest absolute Gasteiger partial charge is 0.251 e. The van der Waals surface area contributed by atoms with Crippen molar-refractivity contribution in [1.29, 1.82) is 0 Å². The number of benzene rings is 1. The van der Waals surface area contributed by atoms with E-state index in [1.54, 1.807) is 12.1 Å². The Hall–Kier alpha value is -1.55. The topological polar surface area (TPSA) is 64.3 Å². The molecule has 1 fully saturated rings. The number of carbonyl (C=O) groups is 1. The minimum absolute atomic E-state index is 0.0997. The third-order valence-corrected chi connectivity index (χ3v) is 3.13. The Kier molecular flexibility index (Phi) is 4.59. The molecule has 0 radical (unpaired) electrons. The third kappa shape index (κ3) is 3.47. The number of ether oxygens (including phenoxy) is 1. The molecule has 1 aliphatic carbocycles. The SMILES string of the molecule is NCCNC(=O)c1cccc(OC2CCCC2)c1. The molecule has 0 bridgehead atoms.